The quantitative estimate of drug-likeness (QED) is 0.362. The first kappa shape index (κ1) is 10.4. The molecule has 0 radical (unpaired) electrons. The first-order valence-corrected chi connectivity index (χ1v) is 2.70. The van der Waals surface area contributed by atoms with Crippen LogP contribution in [0, 0.1) is 10.1 Å². The summed E-state index contributed by atoms with van der Waals surface area (Å²) in [5, 5.41) is 10.1. The van der Waals surface area contributed by atoms with Crippen LogP contribution in [0.3, 0.4) is 0 Å². The molecule has 0 aliphatic heterocycles. The second-order valence-electron chi connectivity index (χ2n) is 1.85. The van der Waals surface area contributed by atoms with Crippen LogP contribution < -0.4 is 5.73 Å². The Hall–Kier alpha value is -0.645. The molecule has 0 fully saturated rings. The summed E-state index contributed by atoms with van der Waals surface area (Å²) < 4.78 is 0. The number of benzene rings is 1. The summed E-state index contributed by atoms with van der Waals surface area (Å²) in [5.74, 6) is 0. The van der Waals surface area contributed by atoms with E-state index >= 15 is 0 Å². The van der Waals surface area contributed by atoms with Crippen LogP contribution in [0.2, 0.25) is 0 Å². The van der Waals surface area contributed by atoms with Crippen LogP contribution in [0.5, 0.6) is 0 Å². The fraction of sp³-hybridized carbons (Fsp3) is 0. The van der Waals surface area contributed by atoms with Crippen molar-refractivity contribution in [3.8, 4) is 0 Å². The summed E-state index contributed by atoms with van der Waals surface area (Å²) in [4.78, 5) is 9.62. The predicted molar refractivity (Wildman–Crippen MR) is 37.5 cm³/mol. The average Bonchev–Trinajstić information content (AvgIpc) is 1.88. The molecule has 0 aliphatic carbocycles. The molecule has 0 atom stereocenters. The zero-order valence-corrected chi connectivity index (χ0v) is 11.4. The van der Waals surface area contributed by atoms with Gasteiger partial charge in [0.1, 0.15) is 0 Å². The van der Waals surface area contributed by atoms with Crippen molar-refractivity contribution in [3.05, 3.63) is 34.4 Å². The van der Waals surface area contributed by atoms with E-state index in [-0.39, 0.29) is 33.4 Å². The number of rotatable bonds is 1. The molecule has 0 saturated carbocycles. The number of hydrogen-bond acceptors (Lipinski definition) is 3. The maximum atomic E-state index is 10.1. The first-order chi connectivity index (χ1) is 4.70. The number of anilines is 1. The van der Waals surface area contributed by atoms with Gasteiger partial charge in [0.2, 0.25) is 0 Å². The number of hydrogen-bond donors (Lipinski definition) is 1. The predicted octanol–water partition coefficient (Wildman–Crippen LogP) is 1.17. The zero-order chi connectivity index (χ0) is 7.56. The van der Waals surface area contributed by atoms with Crippen molar-refractivity contribution in [2.45, 2.75) is 0 Å². The van der Waals surface area contributed by atoms with Gasteiger partial charge in [-0.05, 0) is 12.1 Å². The largest absolute Gasteiger partial charge is 2.00 e. The molecular formula is C6H6HgN2O2+2. The van der Waals surface area contributed by atoms with E-state index in [1.165, 1.54) is 24.3 Å². The summed E-state index contributed by atoms with van der Waals surface area (Å²) in [6, 6.07) is 5.74. The third-order valence-corrected chi connectivity index (χ3v) is 1.10. The summed E-state index contributed by atoms with van der Waals surface area (Å²) in [6.07, 6.45) is 0. The fourth-order valence-electron chi connectivity index (χ4n) is 0.596. The van der Waals surface area contributed by atoms with Crippen LogP contribution in [0.25, 0.3) is 0 Å². The Morgan fingerprint density at radius 3 is 2.09 bits per heavy atom. The van der Waals surface area contributed by atoms with Gasteiger partial charge in [0.15, 0.2) is 0 Å². The van der Waals surface area contributed by atoms with Crippen molar-refractivity contribution in [3.63, 3.8) is 0 Å². The van der Waals surface area contributed by atoms with Gasteiger partial charge in [0, 0.05) is 17.8 Å². The van der Waals surface area contributed by atoms with Gasteiger partial charge in [-0.15, -0.1) is 0 Å². The molecule has 0 aliphatic rings. The molecule has 0 heterocycles. The molecule has 0 spiro atoms. The number of nitro groups is 1. The van der Waals surface area contributed by atoms with Crippen LogP contribution in [0.4, 0.5) is 11.4 Å². The van der Waals surface area contributed by atoms with Crippen molar-refractivity contribution >= 4 is 11.4 Å². The molecular weight excluding hydrogens is 333 g/mol. The van der Waals surface area contributed by atoms with Crippen molar-refractivity contribution in [2.75, 3.05) is 5.73 Å². The van der Waals surface area contributed by atoms with E-state index in [0.29, 0.717) is 5.69 Å². The van der Waals surface area contributed by atoms with E-state index in [0.717, 1.165) is 0 Å². The molecule has 11 heavy (non-hydrogen) atoms. The number of nitro benzene ring substituents is 1. The third-order valence-electron chi connectivity index (χ3n) is 1.10. The van der Waals surface area contributed by atoms with Crippen LogP contribution >= 0.6 is 0 Å². The number of nitrogen functional groups attached to an aromatic ring is 1. The number of non-ortho nitro benzene ring substituents is 1. The van der Waals surface area contributed by atoms with Gasteiger partial charge < -0.3 is 5.73 Å². The van der Waals surface area contributed by atoms with Crippen LogP contribution in [0.15, 0.2) is 24.3 Å². The van der Waals surface area contributed by atoms with E-state index in [9.17, 15) is 10.1 Å². The minimum atomic E-state index is -0.459. The Morgan fingerprint density at radius 2 is 1.73 bits per heavy atom. The SMILES string of the molecule is Nc1ccc([N+](=O)[O-])cc1.[Hg+2]. The summed E-state index contributed by atoms with van der Waals surface area (Å²) in [7, 11) is 0. The Morgan fingerprint density at radius 1 is 1.27 bits per heavy atom. The van der Waals surface area contributed by atoms with Crippen molar-refractivity contribution < 1.29 is 32.6 Å². The molecule has 0 bridgehead atoms. The van der Waals surface area contributed by atoms with Gasteiger partial charge in [0.05, 0.1) is 4.92 Å². The van der Waals surface area contributed by atoms with Crippen molar-refractivity contribution in [1.29, 1.82) is 0 Å². The van der Waals surface area contributed by atoms with Crippen LogP contribution in [-0.4, -0.2) is 4.92 Å². The maximum absolute atomic E-state index is 10.1. The van der Waals surface area contributed by atoms with Gasteiger partial charge in [-0.1, -0.05) is 0 Å². The molecule has 0 unspecified atom stereocenters. The average molecular weight is 339 g/mol. The smallest absolute Gasteiger partial charge is 0.399 e. The molecule has 1 aromatic carbocycles. The van der Waals surface area contributed by atoms with E-state index in [2.05, 4.69) is 0 Å². The minimum absolute atomic E-state index is 0. The fourth-order valence-corrected chi connectivity index (χ4v) is 0.596. The molecule has 0 amide bonds. The molecule has 0 saturated heterocycles. The topological polar surface area (TPSA) is 69.2 Å². The van der Waals surface area contributed by atoms with Gasteiger partial charge in [-0.3, -0.25) is 10.1 Å². The molecule has 0 aromatic heterocycles. The molecule has 2 N–H and O–H groups in total. The van der Waals surface area contributed by atoms with Crippen LogP contribution in [0.1, 0.15) is 0 Å². The third kappa shape index (κ3) is 2.84. The molecule has 52 valence electrons. The van der Waals surface area contributed by atoms with Gasteiger partial charge in [-0.2, -0.15) is 0 Å². The Bertz CT molecular complexity index is 247. The number of nitrogens with two attached hydrogens (primary N) is 1. The molecule has 5 heteroatoms. The molecule has 1 aromatic rings. The molecule has 1 rings (SSSR count). The summed E-state index contributed by atoms with van der Waals surface area (Å²) in [5.41, 5.74) is 5.90. The van der Waals surface area contributed by atoms with Crippen LogP contribution in [-0.2, 0) is 27.7 Å². The van der Waals surface area contributed by atoms with E-state index < -0.39 is 4.92 Å². The maximum Gasteiger partial charge on any atom is 2.00 e. The normalized spacial score (nSPS) is 8.36. The zero-order valence-electron chi connectivity index (χ0n) is 5.86. The van der Waals surface area contributed by atoms with Gasteiger partial charge >= 0.3 is 27.7 Å². The molecule has 4 nitrogen and oxygen atoms in total. The summed E-state index contributed by atoms with van der Waals surface area (Å²) >= 11 is 0. The second-order valence-corrected chi connectivity index (χ2v) is 1.85. The van der Waals surface area contributed by atoms with Crippen molar-refractivity contribution in [1.82, 2.24) is 0 Å². The van der Waals surface area contributed by atoms with Crippen molar-refractivity contribution in [2.24, 2.45) is 0 Å². The standard InChI is InChI=1S/C6H6N2O2.Hg/c7-5-1-3-6(4-2-5)8(9)10;/h1-4H,7H2;/q;+2. The first-order valence-electron chi connectivity index (χ1n) is 2.70. The minimum Gasteiger partial charge on any atom is -0.399 e. The van der Waals surface area contributed by atoms with E-state index in [4.69, 9.17) is 5.73 Å². The van der Waals surface area contributed by atoms with E-state index in [1.807, 2.05) is 0 Å². The van der Waals surface area contributed by atoms with E-state index in [1.54, 1.807) is 0 Å². The van der Waals surface area contributed by atoms with Gasteiger partial charge in [0.25, 0.3) is 5.69 Å². The number of nitrogens with zero attached hydrogens (tertiary/aromatic N) is 1. The second kappa shape index (κ2) is 4.28. The Kier molecular flexibility index (Phi) is 4.03. The summed E-state index contributed by atoms with van der Waals surface area (Å²) in [6.45, 7) is 0. The Labute approximate surface area is 84.1 Å². The monoisotopic (exact) mass is 340 g/mol. The van der Waals surface area contributed by atoms with Gasteiger partial charge in [-0.25, -0.2) is 0 Å². The Balaban J connectivity index is 0.000001000.